The Labute approximate surface area is 141 Å². The molecule has 124 valence electrons. The molecule has 2 aliphatic heterocycles. The van der Waals surface area contributed by atoms with Crippen molar-refractivity contribution in [1.29, 1.82) is 0 Å². The number of carbonyl (C=O) groups excluding carboxylic acids is 1. The fourth-order valence-corrected chi connectivity index (χ4v) is 3.44. The molecule has 1 aromatic carbocycles. The van der Waals surface area contributed by atoms with Crippen LogP contribution in [-0.4, -0.2) is 48.1 Å². The minimum Gasteiger partial charge on any atom is -0.326 e. The van der Waals surface area contributed by atoms with Crippen LogP contribution < -0.4 is 15.5 Å². The van der Waals surface area contributed by atoms with Gasteiger partial charge in [-0.25, -0.2) is 9.78 Å². The fourth-order valence-electron chi connectivity index (χ4n) is 3.44. The highest BCUT2D eigenvalue weighted by Gasteiger charge is 2.33. The first kappa shape index (κ1) is 15.0. The third kappa shape index (κ3) is 2.59. The highest BCUT2D eigenvalue weighted by Crippen LogP contribution is 2.37. The van der Waals surface area contributed by atoms with E-state index in [1.54, 1.807) is 6.20 Å². The second-order valence-corrected chi connectivity index (χ2v) is 6.26. The SMILES string of the molecule is NC1CCN(C(=O)N2CCN(c3ccccn3)c3ccccc32)C1. The number of rotatable bonds is 1. The number of hydrogen-bond acceptors (Lipinski definition) is 4. The van der Waals surface area contributed by atoms with Crippen LogP contribution in [-0.2, 0) is 0 Å². The highest BCUT2D eigenvalue weighted by atomic mass is 16.2. The zero-order valence-electron chi connectivity index (χ0n) is 13.5. The molecule has 0 radical (unpaired) electrons. The molecule has 1 atom stereocenters. The Balaban J connectivity index is 1.65. The molecule has 0 aliphatic carbocycles. The van der Waals surface area contributed by atoms with E-state index in [1.807, 2.05) is 52.3 Å². The minimum absolute atomic E-state index is 0.0519. The maximum atomic E-state index is 12.9. The first-order valence-electron chi connectivity index (χ1n) is 8.33. The Hall–Kier alpha value is -2.60. The second-order valence-electron chi connectivity index (χ2n) is 6.26. The summed E-state index contributed by atoms with van der Waals surface area (Å²) in [7, 11) is 0. The molecular formula is C18H21N5O. The van der Waals surface area contributed by atoms with Gasteiger partial charge in [-0.05, 0) is 30.7 Å². The van der Waals surface area contributed by atoms with Crippen LogP contribution in [0, 0.1) is 0 Å². The van der Waals surface area contributed by atoms with Gasteiger partial charge >= 0.3 is 6.03 Å². The van der Waals surface area contributed by atoms with E-state index in [9.17, 15) is 4.79 Å². The van der Waals surface area contributed by atoms with Crippen molar-refractivity contribution >= 4 is 23.2 Å². The number of likely N-dealkylation sites (tertiary alicyclic amines) is 1. The summed E-state index contributed by atoms with van der Waals surface area (Å²) in [4.78, 5) is 23.3. The molecule has 3 heterocycles. The Bertz CT molecular complexity index is 735. The van der Waals surface area contributed by atoms with Crippen molar-refractivity contribution < 1.29 is 4.79 Å². The summed E-state index contributed by atoms with van der Waals surface area (Å²) in [6.45, 7) is 2.74. The molecule has 1 saturated heterocycles. The van der Waals surface area contributed by atoms with Gasteiger partial charge in [-0.2, -0.15) is 0 Å². The predicted molar refractivity (Wildman–Crippen MR) is 94.6 cm³/mol. The zero-order chi connectivity index (χ0) is 16.5. The molecule has 0 bridgehead atoms. The summed E-state index contributed by atoms with van der Waals surface area (Å²) in [6.07, 6.45) is 2.67. The third-order valence-electron chi connectivity index (χ3n) is 4.66. The molecular weight excluding hydrogens is 302 g/mol. The number of amides is 2. The largest absolute Gasteiger partial charge is 0.326 e. The Morgan fingerprint density at radius 2 is 1.83 bits per heavy atom. The maximum absolute atomic E-state index is 12.9. The van der Waals surface area contributed by atoms with Gasteiger partial charge in [-0.1, -0.05) is 18.2 Å². The second kappa shape index (κ2) is 6.13. The van der Waals surface area contributed by atoms with Crippen molar-refractivity contribution in [2.24, 2.45) is 5.73 Å². The predicted octanol–water partition coefficient (Wildman–Crippen LogP) is 2.19. The molecule has 2 aliphatic rings. The summed E-state index contributed by atoms with van der Waals surface area (Å²) in [5.74, 6) is 0.903. The Morgan fingerprint density at radius 3 is 2.54 bits per heavy atom. The van der Waals surface area contributed by atoms with E-state index in [0.717, 1.165) is 36.7 Å². The number of fused-ring (bicyclic) bond motifs is 1. The molecule has 0 saturated carbocycles. The Kier molecular flexibility index (Phi) is 3.82. The van der Waals surface area contributed by atoms with Crippen molar-refractivity contribution in [2.75, 3.05) is 36.0 Å². The number of nitrogens with zero attached hydrogens (tertiary/aromatic N) is 4. The van der Waals surface area contributed by atoms with Crippen LogP contribution in [0.25, 0.3) is 0 Å². The van der Waals surface area contributed by atoms with Gasteiger partial charge in [0.25, 0.3) is 0 Å². The van der Waals surface area contributed by atoms with E-state index in [2.05, 4.69) is 9.88 Å². The number of urea groups is 1. The number of carbonyl (C=O) groups is 1. The first-order valence-corrected chi connectivity index (χ1v) is 8.33. The lowest BCUT2D eigenvalue weighted by Gasteiger charge is -2.38. The van der Waals surface area contributed by atoms with Gasteiger partial charge in [0, 0.05) is 38.4 Å². The van der Waals surface area contributed by atoms with Crippen LogP contribution in [0.2, 0.25) is 0 Å². The molecule has 4 rings (SSSR count). The van der Waals surface area contributed by atoms with Crippen molar-refractivity contribution in [3.63, 3.8) is 0 Å². The number of benzene rings is 1. The monoisotopic (exact) mass is 323 g/mol. The van der Waals surface area contributed by atoms with Gasteiger partial charge in [0.15, 0.2) is 0 Å². The molecule has 6 heteroatoms. The summed E-state index contributed by atoms with van der Waals surface area (Å²) < 4.78 is 0. The molecule has 2 amide bonds. The smallest absolute Gasteiger partial charge is 0.324 e. The molecule has 2 N–H and O–H groups in total. The summed E-state index contributed by atoms with van der Waals surface area (Å²) in [5, 5.41) is 0. The van der Waals surface area contributed by atoms with Crippen molar-refractivity contribution in [3.05, 3.63) is 48.7 Å². The molecule has 6 nitrogen and oxygen atoms in total. The van der Waals surface area contributed by atoms with Crippen LogP contribution >= 0.6 is 0 Å². The number of pyridine rings is 1. The molecule has 1 aromatic heterocycles. The van der Waals surface area contributed by atoms with Gasteiger partial charge in [-0.3, -0.25) is 4.90 Å². The van der Waals surface area contributed by atoms with Gasteiger partial charge in [0.2, 0.25) is 0 Å². The molecule has 1 unspecified atom stereocenters. The lowest BCUT2D eigenvalue weighted by atomic mass is 10.1. The van der Waals surface area contributed by atoms with E-state index in [1.165, 1.54) is 0 Å². The number of nitrogens with two attached hydrogens (primary N) is 1. The maximum Gasteiger partial charge on any atom is 0.324 e. The normalized spacial score (nSPS) is 20.2. The number of hydrogen-bond donors (Lipinski definition) is 1. The first-order chi connectivity index (χ1) is 11.7. The number of para-hydroxylation sites is 2. The molecule has 2 aromatic rings. The molecule has 1 fully saturated rings. The highest BCUT2D eigenvalue weighted by molar-refractivity contribution is 5.97. The van der Waals surface area contributed by atoms with Crippen LogP contribution in [0.5, 0.6) is 0 Å². The lowest BCUT2D eigenvalue weighted by molar-refractivity contribution is 0.215. The number of anilines is 3. The van der Waals surface area contributed by atoms with Crippen LogP contribution in [0.4, 0.5) is 22.0 Å². The average Bonchev–Trinajstić information content (AvgIpc) is 3.07. The summed E-state index contributed by atoms with van der Waals surface area (Å²) in [6, 6.07) is 14.0. The van der Waals surface area contributed by atoms with Gasteiger partial charge in [-0.15, -0.1) is 0 Å². The molecule has 24 heavy (non-hydrogen) atoms. The van der Waals surface area contributed by atoms with Crippen molar-refractivity contribution in [2.45, 2.75) is 12.5 Å². The standard InChI is InChI=1S/C18H21N5O/c19-14-8-10-21(13-14)18(24)23-12-11-22(17-7-3-4-9-20-17)15-5-1-2-6-16(15)23/h1-7,9,14H,8,10-13,19H2. The van der Waals surface area contributed by atoms with Crippen LogP contribution in [0.15, 0.2) is 48.7 Å². The lowest BCUT2D eigenvalue weighted by Crippen LogP contribution is -2.48. The van der Waals surface area contributed by atoms with E-state index in [0.29, 0.717) is 13.1 Å². The topological polar surface area (TPSA) is 65.7 Å². The summed E-state index contributed by atoms with van der Waals surface area (Å²) in [5.41, 5.74) is 7.90. The molecule has 0 spiro atoms. The van der Waals surface area contributed by atoms with Crippen LogP contribution in [0.1, 0.15) is 6.42 Å². The van der Waals surface area contributed by atoms with E-state index < -0.39 is 0 Å². The van der Waals surface area contributed by atoms with Crippen molar-refractivity contribution in [1.82, 2.24) is 9.88 Å². The quantitative estimate of drug-likeness (QED) is 0.874. The van der Waals surface area contributed by atoms with E-state index in [-0.39, 0.29) is 12.1 Å². The third-order valence-corrected chi connectivity index (χ3v) is 4.66. The van der Waals surface area contributed by atoms with Gasteiger partial charge < -0.3 is 15.5 Å². The van der Waals surface area contributed by atoms with E-state index >= 15 is 0 Å². The number of aromatic nitrogens is 1. The van der Waals surface area contributed by atoms with Gasteiger partial charge in [0.05, 0.1) is 11.4 Å². The van der Waals surface area contributed by atoms with Gasteiger partial charge in [0.1, 0.15) is 5.82 Å². The minimum atomic E-state index is 0.0519. The Morgan fingerprint density at radius 1 is 1.04 bits per heavy atom. The summed E-state index contributed by atoms with van der Waals surface area (Å²) >= 11 is 0. The van der Waals surface area contributed by atoms with E-state index in [4.69, 9.17) is 5.73 Å². The fraction of sp³-hybridized carbons (Fsp3) is 0.333. The average molecular weight is 323 g/mol. The van der Waals surface area contributed by atoms with Crippen LogP contribution in [0.3, 0.4) is 0 Å². The van der Waals surface area contributed by atoms with Crippen molar-refractivity contribution in [3.8, 4) is 0 Å². The zero-order valence-corrected chi connectivity index (χ0v) is 13.5.